The van der Waals surface area contributed by atoms with E-state index in [4.69, 9.17) is 0 Å². The number of nitrogens with zero attached hydrogens (tertiary/aromatic N) is 2. The Balaban J connectivity index is 1.58. The molecule has 2 amide bonds. The zero-order valence-electron chi connectivity index (χ0n) is 17.7. The Morgan fingerprint density at radius 3 is 2.32 bits per heavy atom. The second-order valence-electron chi connectivity index (χ2n) is 7.11. The Hall–Kier alpha value is -3.38. The molecule has 2 aromatic carbocycles. The fourth-order valence-electron chi connectivity index (χ4n) is 2.99. The van der Waals surface area contributed by atoms with Crippen molar-refractivity contribution in [3.63, 3.8) is 0 Å². The molecule has 12 heteroatoms. The van der Waals surface area contributed by atoms with Crippen molar-refractivity contribution in [1.29, 1.82) is 0 Å². The van der Waals surface area contributed by atoms with Crippen molar-refractivity contribution in [2.75, 3.05) is 30.3 Å². The first kappa shape index (κ1) is 25.2. The molecule has 0 aliphatic heterocycles. The molecule has 0 saturated heterocycles. The topological polar surface area (TPSA) is 74.3 Å². The molecule has 0 spiro atoms. The van der Waals surface area contributed by atoms with Crippen LogP contribution in [0.25, 0.3) is 11.3 Å². The number of nitrogens with one attached hydrogen (secondary N) is 2. The second-order valence-corrected chi connectivity index (χ2v) is 7.97. The summed E-state index contributed by atoms with van der Waals surface area (Å²) < 4.78 is 65.8. The molecule has 0 unspecified atom stereocenters. The number of aromatic nitrogens is 1. The van der Waals surface area contributed by atoms with E-state index in [-0.39, 0.29) is 30.5 Å². The Kier molecular flexibility index (Phi) is 7.94. The van der Waals surface area contributed by atoms with Gasteiger partial charge >= 0.3 is 6.18 Å². The van der Waals surface area contributed by atoms with Crippen molar-refractivity contribution in [3.8, 4) is 11.3 Å². The van der Waals surface area contributed by atoms with Crippen LogP contribution in [0.4, 0.5) is 32.8 Å². The minimum absolute atomic E-state index is 0.212. The molecule has 1 heterocycles. The lowest BCUT2D eigenvalue weighted by atomic mass is 10.1. The zero-order valence-corrected chi connectivity index (χ0v) is 18.6. The van der Waals surface area contributed by atoms with Crippen LogP contribution in [0.2, 0.25) is 0 Å². The van der Waals surface area contributed by atoms with Crippen LogP contribution in [0.5, 0.6) is 0 Å². The molecular weight excluding hydrogens is 479 g/mol. The van der Waals surface area contributed by atoms with Gasteiger partial charge in [0.05, 0.1) is 30.0 Å². The number of anilines is 2. The summed E-state index contributed by atoms with van der Waals surface area (Å²) in [5, 5.41) is 6.56. The molecular formula is C22H19F5N4O2S. The van der Waals surface area contributed by atoms with Crippen LogP contribution in [0, 0.1) is 11.6 Å². The van der Waals surface area contributed by atoms with Gasteiger partial charge in [-0.25, -0.2) is 13.8 Å². The van der Waals surface area contributed by atoms with Crippen LogP contribution in [0.3, 0.4) is 0 Å². The van der Waals surface area contributed by atoms with Crippen molar-refractivity contribution in [1.82, 2.24) is 9.88 Å². The van der Waals surface area contributed by atoms with Gasteiger partial charge < -0.3 is 10.6 Å². The van der Waals surface area contributed by atoms with Gasteiger partial charge in [-0.05, 0) is 36.9 Å². The molecule has 0 atom stereocenters. The Morgan fingerprint density at radius 2 is 1.68 bits per heavy atom. The van der Waals surface area contributed by atoms with Crippen LogP contribution >= 0.6 is 11.3 Å². The van der Waals surface area contributed by atoms with Crippen molar-refractivity contribution in [2.45, 2.75) is 13.1 Å². The lowest BCUT2D eigenvalue weighted by Gasteiger charge is -2.20. The third-order valence-electron chi connectivity index (χ3n) is 4.65. The maximum Gasteiger partial charge on any atom is 0.418 e. The van der Waals surface area contributed by atoms with Gasteiger partial charge in [-0.3, -0.25) is 14.5 Å². The van der Waals surface area contributed by atoms with Gasteiger partial charge in [-0.15, -0.1) is 11.3 Å². The van der Waals surface area contributed by atoms with Gasteiger partial charge in [0, 0.05) is 10.9 Å². The molecule has 3 aromatic rings. The molecule has 0 saturated carbocycles. The fraction of sp³-hybridized carbons (Fsp3) is 0.227. The van der Waals surface area contributed by atoms with Crippen LogP contribution in [-0.4, -0.2) is 41.3 Å². The minimum Gasteiger partial charge on any atom is -0.324 e. The molecule has 6 nitrogen and oxygen atoms in total. The number of alkyl halides is 3. The number of halogens is 5. The van der Waals surface area contributed by atoms with Gasteiger partial charge in [0.1, 0.15) is 0 Å². The predicted molar refractivity (Wildman–Crippen MR) is 118 cm³/mol. The maximum atomic E-state index is 13.4. The lowest BCUT2D eigenvalue weighted by Crippen LogP contribution is -2.38. The number of hydrogen-bond acceptors (Lipinski definition) is 5. The summed E-state index contributed by atoms with van der Waals surface area (Å²) in [6.07, 6.45) is -4.62. The molecule has 1 aromatic heterocycles. The summed E-state index contributed by atoms with van der Waals surface area (Å²) >= 11 is 1.07. The number of likely N-dealkylation sites (N-methyl/N-ethyl adjacent to an activating group) is 1. The van der Waals surface area contributed by atoms with Crippen LogP contribution in [-0.2, 0) is 15.8 Å². The van der Waals surface area contributed by atoms with Crippen LogP contribution < -0.4 is 10.6 Å². The zero-order chi connectivity index (χ0) is 24.9. The monoisotopic (exact) mass is 498 g/mol. The quantitative estimate of drug-likeness (QED) is 0.429. The van der Waals surface area contributed by atoms with Crippen molar-refractivity contribution < 1.29 is 31.5 Å². The van der Waals surface area contributed by atoms with Gasteiger partial charge in [0.2, 0.25) is 11.8 Å². The third kappa shape index (κ3) is 6.58. The van der Waals surface area contributed by atoms with Gasteiger partial charge in [0.25, 0.3) is 0 Å². The molecule has 0 bridgehead atoms. The third-order valence-corrected chi connectivity index (χ3v) is 5.41. The summed E-state index contributed by atoms with van der Waals surface area (Å²) in [6, 6.07) is 7.92. The number of amides is 2. The van der Waals surface area contributed by atoms with Crippen LogP contribution in [0.15, 0.2) is 47.8 Å². The summed E-state index contributed by atoms with van der Waals surface area (Å²) in [4.78, 5) is 30.3. The first-order valence-corrected chi connectivity index (χ1v) is 10.8. The molecule has 180 valence electrons. The number of benzene rings is 2. The first-order chi connectivity index (χ1) is 16.1. The average Bonchev–Trinajstić information content (AvgIpc) is 3.23. The molecule has 3 rings (SSSR count). The summed E-state index contributed by atoms with van der Waals surface area (Å²) in [7, 11) is 0. The highest BCUT2D eigenvalue weighted by Crippen LogP contribution is 2.34. The maximum absolute atomic E-state index is 13.4. The van der Waals surface area contributed by atoms with Crippen molar-refractivity contribution in [3.05, 3.63) is 65.0 Å². The average molecular weight is 498 g/mol. The van der Waals surface area contributed by atoms with E-state index in [2.05, 4.69) is 15.6 Å². The van der Waals surface area contributed by atoms with E-state index in [1.54, 1.807) is 12.3 Å². The number of hydrogen-bond donors (Lipinski definition) is 2. The number of carbonyl (C=O) groups is 2. The summed E-state index contributed by atoms with van der Waals surface area (Å²) in [6.45, 7) is 1.44. The summed E-state index contributed by atoms with van der Waals surface area (Å²) in [5.74, 6) is -3.22. The van der Waals surface area contributed by atoms with E-state index in [0.29, 0.717) is 11.3 Å². The minimum atomic E-state index is -4.62. The number of carbonyl (C=O) groups excluding carboxylic acids is 2. The van der Waals surface area contributed by atoms with Gasteiger partial charge in [-0.1, -0.05) is 19.1 Å². The van der Waals surface area contributed by atoms with E-state index >= 15 is 0 Å². The normalized spacial score (nSPS) is 11.5. The lowest BCUT2D eigenvalue weighted by molar-refractivity contribution is -0.137. The SMILES string of the molecule is CCN(CC(=O)Nc1nc(-c2ccc(F)c(F)c2)cs1)CC(=O)Nc1ccccc1C(F)(F)F. The van der Waals surface area contributed by atoms with Crippen molar-refractivity contribution >= 4 is 34.0 Å². The molecule has 2 N–H and O–H groups in total. The van der Waals surface area contributed by atoms with Crippen molar-refractivity contribution in [2.24, 2.45) is 0 Å². The molecule has 0 aliphatic rings. The number of rotatable bonds is 8. The predicted octanol–water partition coefficient (Wildman–Crippen LogP) is 5.01. The van der Waals surface area contributed by atoms with E-state index < -0.39 is 35.2 Å². The largest absolute Gasteiger partial charge is 0.418 e. The van der Waals surface area contributed by atoms with E-state index in [1.807, 2.05) is 0 Å². The number of para-hydroxylation sites is 1. The Labute approximate surface area is 195 Å². The highest BCUT2D eigenvalue weighted by atomic mass is 32.1. The second kappa shape index (κ2) is 10.7. The Morgan fingerprint density at radius 1 is 1.00 bits per heavy atom. The Bertz CT molecular complexity index is 1180. The van der Waals surface area contributed by atoms with E-state index in [0.717, 1.165) is 35.6 Å². The molecule has 0 fully saturated rings. The first-order valence-electron chi connectivity index (χ1n) is 9.96. The highest BCUT2D eigenvalue weighted by molar-refractivity contribution is 7.14. The standard InChI is InChI=1S/C22H19F5N4O2S/c1-2-31(10-19(32)28-17-6-4-3-5-14(17)22(25,26)27)11-20(33)30-21-29-18(12-34-21)13-7-8-15(23)16(24)9-13/h3-9,12H,2,10-11H2,1H3,(H,28,32)(H,29,30,33). The molecule has 0 radical (unpaired) electrons. The van der Waals surface area contributed by atoms with E-state index in [1.165, 1.54) is 23.1 Å². The molecule has 0 aliphatic carbocycles. The highest BCUT2D eigenvalue weighted by Gasteiger charge is 2.33. The number of thiazole rings is 1. The van der Waals surface area contributed by atoms with Gasteiger partial charge in [0.15, 0.2) is 16.8 Å². The fourth-order valence-corrected chi connectivity index (χ4v) is 3.73. The van der Waals surface area contributed by atoms with E-state index in [9.17, 15) is 31.5 Å². The van der Waals surface area contributed by atoms with Crippen LogP contribution in [0.1, 0.15) is 12.5 Å². The smallest absolute Gasteiger partial charge is 0.324 e. The molecule has 34 heavy (non-hydrogen) atoms. The van der Waals surface area contributed by atoms with Gasteiger partial charge in [-0.2, -0.15) is 13.2 Å². The summed E-state index contributed by atoms with van der Waals surface area (Å²) in [5.41, 5.74) is -0.659.